The van der Waals surface area contributed by atoms with Crippen LogP contribution in [-0.2, 0) is 11.3 Å². The second-order valence-electron chi connectivity index (χ2n) is 8.27. The van der Waals surface area contributed by atoms with Gasteiger partial charge < -0.3 is 14.6 Å². The second-order valence-corrected chi connectivity index (χ2v) is 9.50. The first-order chi connectivity index (χ1) is 16.5. The second kappa shape index (κ2) is 10.3. The van der Waals surface area contributed by atoms with Crippen molar-refractivity contribution in [3.05, 3.63) is 76.3 Å². The number of aromatic nitrogens is 1. The standard InChI is InChI=1S/C28H30N2O3S/c1-5-7-17-30-22-16-12-11-15-21(22)18(3)25(30)26(31)29-27-24(28(32)33-6-2)23(19(4)34-27)20-13-9-8-10-14-20/h8-16H,5-7,17H2,1-4H3,(H,29,31). The molecule has 2 aromatic carbocycles. The Bertz CT molecular complexity index is 1330. The molecule has 0 bridgehead atoms. The van der Waals surface area contributed by atoms with E-state index in [4.69, 9.17) is 4.74 Å². The Labute approximate surface area is 204 Å². The number of nitrogens with one attached hydrogen (secondary N) is 1. The minimum atomic E-state index is -0.427. The summed E-state index contributed by atoms with van der Waals surface area (Å²) in [5, 5.41) is 4.66. The van der Waals surface area contributed by atoms with Crippen molar-refractivity contribution in [2.24, 2.45) is 0 Å². The highest BCUT2D eigenvalue weighted by molar-refractivity contribution is 7.17. The minimum absolute atomic E-state index is 0.212. The fourth-order valence-electron chi connectivity index (χ4n) is 4.46. The zero-order valence-electron chi connectivity index (χ0n) is 20.1. The number of rotatable bonds is 8. The first-order valence-electron chi connectivity index (χ1n) is 11.7. The van der Waals surface area contributed by atoms with Crippen molar-refractivity contribution in [2.45, 2.75) is 47.1 Å². The smallest absolute Gasteiger partial charge is 0.341 e. The number of thiophene rings is 1. The predicted molar refractivity (Wildman–Crippen MR) is 140 cm³/mol. The molecular formula is C28H30N2O3S. The fraction of sp³-hybridized carbons (Fsp3) is 0.286. The Morgan fingerprint density at radius 3 is 2.41 bits per heavy atom. The Morgan fingerprint density at radius 1 is 1.00 bits per heavy atom. The Balaban J connectivity index is 1.81. The SMILES string of the molecule is CCCCn1c(C(=O)Nc2sc(C)c(-c3ccccc3)c2C(=O)OCC)c(C)c2ccccc21. The van der Waals surface area contributed by atoms with Crippen LogP contribution in [0.15, 0.2) is 54.6 Å². The van der Waals surface area contributed by atoms with Crippen LogP contribution < -0.4 is 5.32 Å². The summed E-state index contributed by atoms with van der Waals surface area (Å²) in [5.41, 5.74) is 4.78. The number of aryl methyl sites for hydroxylation is 3. The van der Waals surface area contributed by atoms with Crippen LogP contribution in [0.3, 0.4) is 0 Å². The lowest BCUT2D eigenvalue weighted by atomic mass is 10.0. The number of carbonyl (C=O) groups excluding carboxylic acids is 2. The molecule has 0 atom stereocenters. The highest BCUT2D eigenvalue weighted by Gasteiger charge is 2.27. The van der Waals surface area contributed by atoms with Gasteiger partial charge in [-0.05, 0) is 44.4 Å². The van der Waals surface area contributed by atoms with E-state index in [-0.39, 0.29) is 12.5 Å². The lowest BCUT2D eigenvalue weighted by molar-refractivity contribution is 0.0529. The van der Waals surface area contributed by atoms with Gasteiger partial charge in [-0.25, -0.2) is 4.79 Å². The number of para-hydroxylation sites is 1. The fourth-order valence-corrected chi connectivity index (χ4v) is 5.52. The molecule has 2 heterocycles. The number of nitrogens with zero attached hydrogens (tertiary/aromatic N) is 1. The van der Waals surface area contributed by atoms with Crippen LogP contribution in [0.25, 0.3) is 22.0 Å². The van der Waals surface area contributed by atoms with Crippen LogP contribution in [0, 0.1) is 13.8 Å². The monoisotopic (exact) mass is 474 g/mol. The number of hydrogen-bond acceptors (Lipinski definition) is 4. The molecule has 2 aromatic heterocycles. The highest BCUT2D eigenvalue weighted by atomic mass is 32.1. The topological polar surface area (TPSA) is 60.3 Å². The lowest BCUT2D eigenvalue weighted by Gasteiger charge is -2.12. The average Bonchev–Trinajstić information content (AvgIpc) is 3.32. The molecule has 0 aliphatic carbocycles. The number of unbranched alkanes of at least 4 members (excludes halogenated alkanes) is 1. The molecule has 4 rings (SSSR count). The maximum absolute atomic E-state index is 13.7. The largest absolute Gasteiger partial charge is 0.462 e. The van der Waals surface area contributed by atoms with Crippen molar-refractivity contribution < 1.29 is 14.3 Å². The molecule has 0 aliphatic heterocycles. The molecular weight excluding hydrogens is 444 g/mol. The third kappa shape index (κ3) is 4.38. The summed E-state index contributed by atoms with van der Waals surface area (Å²) < 4.78 is 7.49. The molecule has 0 fully saturated rings. The molecule has 34 heavy (non-hydrogen) atoms. The summed E-state index contributed by atoms with van der Waals surface area (Å²) >= 11 is 1.41. The number of carbonyl (C=O) groups is 2. The Hall–Kier alpha value is -3.38. The van der Waals surface area contributed by atoms with Gasteiger partial charge in [-0.1, -0.05) is 61.9 Å². The van der Waals surface area contributed by atoms with Gasteiger partial charge in [0.15, 0.2) is 0 Å². The summed E-state index contributed by atoms with van der Waals surface area (Å²) in [4.78, 5) is 27.7. The van der Waals surface area contributed by atoms with E-state index in [2.05, 4.69) is 28.9 Å². The number of hydrogen-bond donors (Lipinski definition) is 1. The summed E-state index contributed by atoms with van der Waals surface area (Å²) in [7, 11) is 0. The van der Waals surface area contributed by atoms with Crippen molar-refractivity contribution in [1.82, 2.24) is 4.57 Å². The van der Waals surface area contributed by atoms with Crippen LogP contribution in [0.4, 0.5) is 5.00 Å². The van der Waals surface area contributed by atoms with Crippen LogP contribution >= 0.6 is 11.3 Å². The molecule has 0 saturated carbocycles. The van der Waals surface area contributed by atoms with Crippen LogP contribution in [-0.4, -0.2) is 23.1 Å². The van der Waals surface area contributed by atoms with Gasteiger partial charge in [0, 0.05) is 27.9 Å². The van der Waals surface area contributed by atoms with Gasteiger partial charge in [-0.3, -0.25) is 4.79 Å². The molecule has 176 valence electrons. The normalized spacial score (nSPS) is 11.1. The zero-order valence-corrected chi connectivity index (χ0v) is 20.9. The Kier molecular flexibility index (Phi) is 7.17. The van der Waals surface area contributed by atoms with Crippen molar-refractivity contribution in [2.75, 3.05) is 11.9 Å². The van der Waals surface area contributed by atoms with Crippen molar-refractivity contribution in [1.29, 1.82) is 0 Å². The van der Waals surface area contributed by atoms with E-state index in [0.29, 0.717) is 16.3 Å². The Morgan fingerprint density at radius 2 is 1.71 bits per heavy atom. The van der Waals surface area contributed by atoms with E-state index in [1.54, 1.807) is 6.92 Å². The molecule has 4 aromatic rings. The van der Waals surface area contributed by atoms with E-state index in [0.717, 1.165) is 51.9 Å². The lowest BCUT2D eigenvalue weighted by Crippen LogP contribution is -2.19. The van der Waals surface area contributed by atoms with E-state index in [1.807, 2.05) is 56.3 Å². The molecule has 0 aliphatic rings. The molecule has 0 spiro atoms. The molecule has 6 heteroatoms. The molecule has 0 radical (unpaired) electrons. The van der Waals surface area contributed by atoms with Gasteiger partial charge in [0.05, 0.1) is 6.61 Å². The molecule has 1 N–H and O–H groups in total. The average molecular weight is 475 g/mol. The van der Waals surface area contributed by atoms with Gasteiger partial charge in [-0.15, -0.1) is 11.3 Å². The van der Waals surface area contributed by atoms with Crippen molar-refractivity contribution >= 4 is 39.1 Å². The number of fused-ring (bicyclic) bond motifs is 1. The van der Waals surface area contributed by atoms with Crippen LogP contribution in [0.5, 0.6) is 0 Å². The van der Waals surface area contributed by atoms with E-state index < -0.39 is 5.97 Å². The summed E-state index contributed by atoms with van der Waals surface area (Å²) in [6.07, 6.45) is 2.01. The number of anilines is 1. The van der Waals surface area contributed by atoms with E-state index in [9.17, 15) is 9.59 Å². The number of amides is 1. The maximum Gasteiger partial charge on any atom is 0.341 e. The highest BCUT2D eigenvalue weighted by Crippen LogP contribution is 2.41. The zero-order chi connectivity index (χ0) is 24.2. The molecule has 5 nitrogen and oxygen atoms in total. The molecule has 0 saturated heterocycles. The first-order valence-corrected chi connectivity index (χ1v) is 12.5. The first kappa shape index (κ1) is 23.8. The number of benzene rings is 2. The summed E-state index contributed by atoms with van der Waals surface area (Å²) in [6.45, 7) is 8.91. The van der Waals surface area contributed by atoms with E-state index in [1.165, 1.54) is 11.3 Å². The van der Waals surface area contributed by atoms with E-state index >= 15 is 0 Å². The van der Waals surface area contributed by atoms with Gasteiger partial charge in [0.1, 0.15) is 16.3 Å². The van der Waals surface area contributed by atoms with Crippen molar-refractivity contribution in [3.63, 3.8) is 0 Å². The van der Waals surface area contributed by atoms with Gasteiger partial charge in [0.2, 0.25) is 0 Å². The predicted octanol–water partition coefficient (Wildman–Crippen LogP) is 7.22. The summed E-state index contributed by atoms with van der Waals surface area (Å²) in [5.74, 6) is -0.638. The maximum atomic E-state index is 13.7. The third-order valence-electron chi connectivity index (χ3n) is 6.03. The number of ether oxygens (including phenoxy) is 1. The van der Waals surface area contributed by atoms with Crippen molar-refractivity contribution in [3.8, 4) is 11.1 Å². The molecule has 1 amide bonds. The summed E-state index contributed by atoms with van der Waals surface area (Å²) in [6, 6.07) is 17.9. The van der Waals surface area contributed by atoms with Gasteiger partial charge >= 0.3 is 5.97 Å². The van der Waals surface area contributed by atoms with Gasteiger partial charge in [-0.2, -0.15) is 0 Å². The molecule has 0 unspecified atom stereocenters. The minimum Gasteiger partial charge on any atom is -0.462 e. The third-order valence-corrected chi connectivity index (χ3v) is 7.05. The quantitative estimate of drug-likeness (QED) is 0.274. The van der Waals surface area contributed by atoms with Crippen LogP contribution in [0.1, 0.15) is 58.0 Å². The number of esters is 1. The van der Waals surface area contributed by atoms with Gasteiger partial charge in [0.25, 0.3) is 5.91 Å². The van der Waals surface area contributed by atoms with Crippen LogP contribution in [0.2, 0.25) is 0 Å².